The molecule has 1 unspecified atom stereocenters. The fraction of sp³-hybridized carbons (Fsp3) is 0.200. The van der Waals surface area contributed by atoms with Crippen LogP contribution in [0.25, 0.3) is 16.7 Å². The molecule has 1 amide bonds. The number of ether oxygens (including phenoxy) is 1. The number of aliphatic hydroxyl groups is 1. The summed E-state index contributed by atoms with van der Waals surface area (Å²) in [5.41, 5.74) is 4.61. The molecule has 5 rings (SSSR count). The minimum atomic E-state index is -0.678. The molecule has 1 saturated heterocycles. The van der Waals surface area contributed by atoms with Gasteiger partial charge in [-0.25, -0.2) is 0 Å². The Hall–Kier alpha value is -4.32. The highest BCUT2D eigenvalue weighted by Crippen LogP contribution is 2.40. The van der Waals surface area contributed by atoms with Gasteiger partial charge < -0.3 is 19.7 Å². The number of aromatic nitrogens is 1. The number of fused-ring (bicyclic) bond motifs is 1. The van der Waals surface area contributed by atoms with E-state index in [1.165, 1.54) is 0 Å². The molecule has 4 aromatic rings. The predicted molar refractivity (Wildman–Crippen MR) is 140 cm³/mol. The Kier molecular flexibility index (Phi) is 6.34. The molecule has 1 aliphatic rings. The van der Waals surface area contributed by atoms with E-state index in [-0.39, 0.29) is 11.3 Å². The van der Waals surface area contributed by atoms with Crippen molar-refractivity contribution in [3.8, 4) is 5.75 Å². The quantitative estimate of drug-likeness (QED) is 0.211. The second kappa shape index (κ2) is 9.74. The number of aliphatic hydroxyl groups excluding tert-OH is 1. The average molecular weight is 481 g/mol. The summed E-state index contributed by atoms with van der Waals surface area (Å²) in [6.07, 6.45) is 3.40. The maximum atomic E-state index is 13.3. The molecule has 1 atom stereocenters. The molecular formula is C30H28N2O4. The number of hydrogen-bond donors (Lipinski definition) is 2. The SMILES string of the molecule is CCc1ccc(C2/C(=C(\O)c3ccc(OC)cc3)C(=O)C(=O)N2CCc2c[nH]c3ccccc23)cc1. The lowest BCUT2D eigenvalue weighted by atomic mass is 9.94. The molecule has 3 aromatic carbocycles. The Morgan fingerprint density at radius 2 is 1.72 bits per heavy atom. The van der Waals surface area contributed by atoms with Crippen LogP contribution in [-0.4, -0.2) is 40.3 Å². The van der Waals surface area contributed by atoms with Crippen molar-refractivity contribution in [3.05, 3.63) is 107 Å². The monoisotopic (exact) mass is 480 g/mol. The van der Waals surface area contributed by atoms with E-state index in [0.717, 1.165) is 34.0 Å². The number of para-hydroxylation sites is 1. The van der Waals surface area contributed by atoms with E-state index in [9.17, 15) is 14.7 Å². The van der Waals surface area contributed by atoms with Crippen LogP contribution in [0.2, 0.25) is 0 Å². The molecule has 1 aromatic heterocycles. The second-order valence-corrected chi connectivity index (χ2v) is 8.93. The molecule has 2 N–H and O–H groups in total. The average Bonchev–Trinajstić information content (AvgIpc) is 3.45. The van der Waals surface area contributed by atoms with Gasteiger partial charge in [-0.1, -0.05) is 49.4 Å². The van der Waals surface area contributed by atoms with Gasteiger partial charge in [-0.15, -0.1) is 0 Å². The highest BCUT2D eigenvalue weighted by molar-refractivity contribution is 6.46. The molecule has 0 saturated carbocycles. The fourth-order valence-corrected chi connectivity index (χ4v) is 4.88. The van der Waals surface area contributed by atoms with Gasteiger partial charge >= 0.3 is 0 Å². The number of likely N-dealkylation sites (tertiary alicyclic amines) is 1. The molecule has 6 heteroatoms. The number of carbonyl (C=O) groups is 2. The third-order valence-corrected chi connectivity index (χ3v) is 6.90. The van der Waals surface area contributed by atoms with Crippen LogP contribution in [0.4, 0.5) is 0 Å². The maximum Gasteiger partial charge on any atom is 0.295 e. The Morgan fingerprint density at radius 1 is 1.00 bits per heavy atom. The lowest BCUT2D eigenvalue weighted by Gasteiger charge is -2.25. The number of amides is 1. The fourth-order valence-electron chi connectivity index (χ4n) is 4.88. The number of aromatic amines is 1. The number of carbonyl (C=O) groups excluding carboxylic acids is 2. The molecule has 36 heavy (non-hydrogen) atoms. The van der Waals surface area contributed by atoms with Crippen LogP contribution in [0, 0.1) is 0 Å². The number of benzene rings is 3. The van der Waals surface area contributed by atoms with Gasteiger partial charge in [0.1, 0.15) is 11.5 Å². The van der Waals surface area contributed by atoms with Crippen LogP contribution in [0.1, 0.15) is 35.2 Å². The van der Waals surface area contributed by atoms with Gasteiger partial charge in [-0.2, -0.15) is 0 Å². The van der Waals surface area contributed by atoms with Gasteiger partial charge in [-0.3, -0.25) is 9.59 Å². The van der Waals surface area contributed by atoms with Crippen molar-refractivity contribution in [1.29, 1.82) is 0 Å². The van der Waals surface area contributed by atoms with Crippen molar-refractivity contribution in [2.24, 2.45) is 0 Å². The van der Waals surface area contributed by atoms with Crippen molar-refractivity contribution in [3.63, 3.8) is 0 Å². The van der Waals surface area contributed by atoms with Crippen molar-refractivity contribution < 1.29 is 19.4 Å². The van der Waals surface area contributed by atoms with Gasteiger partial charge in [0, 0.05) is 29.2 Å². The van der Waals surface area contributed by atoms with E-state index >= 15 is 0 Å². The third-order valence-electron chi connectivity index (χ3n) is 6.90. The standard InChI is InChI=1S/C30H28N2O4/c1-3-19-8-10-20(11-9-19)27-26(28(33)21-12-14-23(36-2)15-13-21)29(34)30(35)32(27)17-16-22-18-31-25-7-5-4-6-24(22)25/h4-15,18,27,31,33H,3,16-17H2,1-2H3/b28-26+. The number of H-pyrrole nitrogens is 1. The highest BCUT2D eigenvalue weighted by Gasteiger charge is 2.45. The first-order valence-electron chi connectivity index (χ1n) is 12.1. The van der Waals surface area contributed by atoms with Crippen LogP contribution < -0.4 is 4.74 Å². The molecule has 0 radical (unpaired) electrons. The molecule has 0 bridgehead atoms. The number of nitrogens with zero attached hydrogens (tertiary/aromatic N) is 1. The minimum Gasteiger partial charge on any atom is -0.507 e. The number of aryl methyl sites for hydroxylation is 1. The molecule has 0 aliphatic carbocycles. The summed E-state index contributed by atoms with van der Waals surface area (Å²) >= 11 is 0. The van der Waals surface area contributed by atoms with E-state index < -0.39 is 17.7 Å². The zero-order valence-corrected chi connectivity index (χ0v) is 20.3. The zero-order chi connectivity index (χ0) is 25.2. The Bertz CT molecular complexity index is 1450. The van der Waals surface area contributed by atoms with E-state index in [4.69, 9.17) is 4.74 Å². The second-order valence-electron chi connectivity index (χ2n) is 8.93. The predicted octanol–water partition coefficient (Wildman–Crippen LogP) is 5.40. The molecule has 1 aliphatic heterocycles. The van der Waals surface area contributed by atoms with E-state index in [2.05, 4.69) is 11.9 Å². The number of nitrogens with one attached hydrogen (secondary N) is 1. The number of Topliss-reactive ketones (excluding diaryl/α,β-unsaturated/α-hetero) is 1. The van der Waals surface area contributed by atoms with Crippen molar-refractivity contribution >= 4 is 28.4 Å². The lowest BCUT2D eigenvalue weighted by Crippen LogP contribution is -2.31. The van der Waals surface area contributed by atoms with E-state index in [1.54, 1.807) is 36.3 Å². The van der Waals surface area contributed by atoms with Crippen molar-refractivity contribution in [2.45, 2.75) is 25.8 Å². The number of methoxy groups -OCH3 is 1. The molecule has 0 spiro atoms. The number of ketones is 1. The molecule has 182 valence electrons. The topological polar surface area (TPSA) is 82.6 Å². The first-order valence-corrected chi connectivity index (χ1v) is 12.1. The highest BCUT2D eigenvalue weighted by atomic mass is 16.5. The van der Waals surface area contributed by atoms with Crippen LogP contribution in [0.15, 0.2) is 84.6 Å². The van der Waals surface area contributed by atoms with Crippen molar-refractivity contribution in [1.82, 2.24) is 9.88 Å². The summed E-state index contributed by atoms with van der Waals surface area (Å²) in [6.45, 7) is 2.41. The smallest absolute Gasteiger partial charge is 0.295 e. The largest absolute Gasteiger partial charge is 0.507 e. The number of hydrogen-bond acceptors (Lipinski definition) is 4. The first-order chi connectivity index (χ1) is 17.5. The summed E-state index contributed by atoms with van der Waals surface area (Å²) in [5.74, 6) is -0.825. The summed E-state index contributed by atoms with van der Waals surface area (Å²) in [5, 5.41) is 12.3. The summed E-state index contributed by atoms with van der Waals surface area (Å²) in [7, 11) is 1.56. The van der Waals surface area contributed by atoms with Gasteiger partial charge in [0.25, 0.3) is 11.7 Å². The molecule has 2 heterocycles. The van der Waals surface area contributed by atoms with Gasteiger partial charge in [0.05, 0.1) is 18.7 Å². The number of rotatable bonds is 7. The Morgan fingerprint density at radius 3 is 2.42 bits per heavy atom. The van der Waals surface area contributed by atoms with Crippen LogP contribution in [-0.2, 0) is 22.4 Å². The van der Waals surface area contributed by atoms with Crippen molar-refractivity contribution in [2.75, 3.05) is 13.7 Å². The molecular weight excluding hydrogens is 452 g/mol. The summed E-state index contributed by atoms with van der Waals surface area (Å²) < 4.78 is 5.21. The van der Waals surface area contributed by atoms with Crippen LogP contribution >= 0.6 is 0 Å². The Balaban J connectivity index is 1.55. The normalized spacial score (nSPS) is 17.2. The maximum absolute atomic E-state index is 13.3. The third kappa shape index (κ3) is 4.15. The summed E-state index contributed by atoms with van der Waals surface area (Å²) in [4.78, 5) is 31.4. The van der Waals surface area contributed by atoms with E-state index in [0.29, 0.717) is 24.3 Å². The van der Waals surface area contributed by atoms with Crippen LogP contribution in [0.3, 0.4) is 0 Å². The minimum absolute atomic E-state index is 0.105. The zero-order valence-electron chi connectivity index (χ0n) is 20.3. The van der Waals surface area contributed by atoms with Gasteiger partial charge in [0.2, 0.25) is 0 Å². The first kappa shape index (κ1) is 23.4. The lowest BCUT2D eigenvalue weighted by molar-refractivity contribution is -0.139. The van der Waals surface area contributed by atoms with Crippen LogP contribution in [0.5, 0.6) is 5.75 Å². The molecule has 1 fully saturated rings. The Labute approximate surface area is 209 Å². The van der Waals surface area contributed by atoms with Gasteiger partial charge in [0.15, 0.2) is 0 Å². The summed E-state index contributed by atoms with van der Waals surface area (Å²) in [6, 6.07) is 22.0. The molecule has 6 nitrogen and oxygen atoms in total. The van der Waals surface area contributed by atoms with Gasteiger partial charge in [-0.05, 0) is 59.9 Å². The van der Waals surface area contributed by atoms with E-state index in [1.807, 2.05) is 54.7 Å².